The van der Waals surface area contributed by atoms with Gasteiger partial charge in [-0.1, -0.05) is 6.07 Å². The quantitative estimate of drug-likeness (QED) is 0.434. The summed E-state index contributed by atoms with van der Waals surface area (Å²) < 4.78 is 1.94. The van der Waals surface area contributed by atoms with Crippen LogP contribution in [0.15, 0.2) is 48.0 Å². The van der Waals surface area contributed by atoms with Crippen LogP contribution < -0.4 is 10.2 Å². The van der Waals surface area contributed by atoms with Gasteiger partial charge in [0.05, 0.1) is 11.3 Å². The molecule has 2 N–H and O–H groups in total. The number of carbonyl (C=O) groups excluding carboxylic acids is 3. The van der Waals surface area contributed by atoms with Crippen LogP contribution >= 0.6 is 0 Å². The van der Waals surface area contributed by atoms with Gasteiger partial charge in [0.1, 0.15) is 5.57 Å². The normalized spacial score (nSPS) is 15.1. The third-order valence-electron chi connectivity index (χ3n) is 6.31. The molecular weight excluding hydrogens is 446 g/mol. The minimum Gasteiger partial charge on any atom is -0.478 e. The molecule has 0 spiro atoms. The van der Waals surface area contributed by atoms with Gasteiger partial charge in [-0.15, -0.1) is 0 Å². The Hall–Kier alpha value is -4.46. The van der Waals surface area contributed by atoms with Crippen LogP contribution in [0, 0.1) is 34.6 Å². The molecule has 35 heavy (non-hydrogen) atoms. The lowest BCUT2D eigenvalue weighted by atomic mass is 10.1. The number of rotatable bonds is 4. The monoisotopic (exact) mass is 471 g/mol. The van der Waals surface area contributed by atoms with E-state index in [2.05, 4.69) is 5.32 Å². The molecule has 8 heteroatoms. The summed E-state index contributed by atoms with van der Waals surface area (Å²) in [6, 6.07) is 11.1. The summed E-state index contributed by atoms with van der Waals surface area (Å²) in [5.74, 6) is -2.46. The van der Waals surface area contributed by atoms with E-state index >= 15 is 0 Å². The van der Waals surface area contributed by atoms with Gasteiger partial charge in [-0.25, -0.2) is 14.5 Å². The molecule has 1 aliphatic rings. The van der Waals surface area contributed by atoms with Crippen molar-refractivity contribution >= 4 is 35.6 Å². The van der Waals surface area contributed by atoms with Crippen LogP contribution in [-0.2, 0) is 9.59 Å². The lowest BCUT2D eigenvalue weighted by Crippen LogP contribution is -2.54. The van der Waals surface area contributed by atoms with Crippen molar-refractivity contribution in [1.29, 1.82) is 0 Å². The van der Waals surface area contributed by atoms with E-state index in [0.717, 1.165) is 38.7 Å². The van der Waals surface area contributed by atoms with Crippen LogP contribution in [0.4, 0.5) is 10.5 Å². The summed E-state index contributed by atoms with van der Waals surface area (Å²) in [6.07, 6.45) is 1.48. The average Bonchev–Trinajstić information content (AvgIpc) is 3.06. The third-order valence-corrected chi connectivity index (χ3v) is 6.31. The van der Waals surface area contributed by atoms with Gasteiger partial charge >= 0.3 is 12.0 Å². The van der Waals surface area contributed by atoms with E-state index in [0.29, 0.717) is 11.3 Å². The smallest absolute Gasteiger partial charge is 0.335 e. The molecule has 0 unspecified atom stereocenters. The van der Waals surface area contributed by atoms with Gasteiger partial charge < -0.3 is 9.67 Å². The number of imide groups is 2. The van der Waals surface area contributed by atoms with Crippen LogP contribution in [0.25, 0.3) is 11.8 Å². The number of anilines is 1. The molecule has 8 nitrogen and oxygen atoms in total. The van der Waals surface area contributed by atoms with Crippen LogP contribution in [0.1, 0.15) is 44.0 Å². The predicted molar refractivity (Wildman–Crippen MR) is 132 cm³/mol. The number of barbiturate groups is 1. The van der Waals surface area contributed by atoms with E-state index in [4.69, 9.17) is 0 Å². The molecule has 0 radical (unpaired) electrons. The molecule has 4 rings (SSSR count). The van der Waals surface area contributed by atoms with Crippen molar-refractivity contribution in [2.75, 3.05) is 4.90 Å². The molecule has 178 valence electrons. The first-order chi connectivity index (χ1) is 16.5. The fraction of sp³-hybridized carbons (Fsp3) is 0.185. The van der Waals surface area contributed by atoms with Crippen molar-refractivity contribution in [2.24, 2.45) is 0 Å². The molecule has 4 amide bonds. The number of hydrogen-bond acceptors (Lipinski definition) is 4. The molecule has 2 aromatic carbocycles. The Labute approximate surface area is 202 Å². The van der Waals surface area contributed by atoms with E-state index in [1.165, 1.54) is 12.1 Å². The number of aryl methyl sites for hydroxylation is 4. The number of amides is 4. The van der Waals surface area contributed by atoms with E-state index in [-0.39, 0.29) is 11.1 Å². The molecule has 0 saturated carbocycles. The molecule has 1 aliphatic heterocycles. The third kappa shape index (κ3) is 4.14. The SMILES string of the molecule is Cc1ccc(N2C(=O)NC(=O)/C(=C\c3cc(C)n(-c4ccc(C(=O)O)cc4C)c3C)C2=O)cc1C. The van der Waals surface area contributed by atoms with E-state index in [1.54, 1.807) is 24.3 Å². The second-order valence-corrected chi connectivity index (χ2v) is 8.69. The van der Waals surface area contributed by atoms with Gasteiger partial charge in [0.15, 0.2) is 0 Å². The number of benzene rings is 2. The fourth-order valence-corrected chi connectivity index (χ4v) is 4.26. The van der Waals surface area contributed by atoms with Crippen molar-refractivity contribution in [3.63, 3.8) is 0 Å². The number of hydrogen-bond donors (Lipinski definition) is 2. The first kappa shape index (κ1) is 23.7. The van der Waals surface area contributed by atoms with Crippen LogP contribution in [-0.4, -0.2) is 33.5 Å². The van der Waals surface area contributed by atoms with E-state index in [9.17, 15) is 24.3 Å². The zero-order chi connectivity index (χ0) is 25.6. The number of aromatic carboxylic acids is 1. The number of nitrogens with zero attached hydrogens (tertiary/aromatic N) is 2. The zero-order valence-electron chi connectivity index (χ0n) is 20.1. The molecule has 1 saturated heterocycles. The first-order valence-corrected chi connectivity index (χ1v) is 11.0. The van der Waals surface area contributed by atoms with Crippen molar-refractivity contribution in [2.45, 2.75) is 34.6 Å². The zero-order valence-corrected chi connectivity index (χ0v) is 20.1. The van der Waals surface area contributed by atoms with Crippen molar-refractivity contribution in [1.82, 2.24) is 9.88 Å². The fourth-order valence-electron chi connectivity index (χ4n) is 4.26. The molecular formula is C27H25N3O5. The summed E-state index contributed by atoms with van der Waals surface area (Å²) in [4.78, 5) is 50.7. The van der Waals surface area contributed by atoms with Gasteiger partial charge in [0, 0.05) is 17.1 Å². The first-order valence-electron chi connectivity index (χ1n) is 11.0. The number of nitrogens with one attached hydrogen (secondary N) is 1. The highest BCUT2D eigenvalue weighted by molar-refractivity contribution is 6.39. The minimum absolute atomic E-state index is 0.152. The van der Waals surface area contributed by atoms with Gasteiger partial charge in [-0.3, -0.25) is 14.9 Å². The molecule has 3 aromatic rings. The lowest BCUT2D eigenvalue weighted by molar-refractivity contribution is -0.122. The number of carboxylic acid groups (broad SMARTS) is 1. The van der Waals surface area contributed by atoms with Crippen molar-refractivity contribution in [3.05, 3.63) is 87.2 Å². The second kappa shape index (κ2) is 8.72. The second-order valence-electron chi connectivity index (χ2n) is 8.69. The number of carbonyl (C=O) groups is 4. The molecule has 1 aromatic heterocycles. The molecule has 0 aliphatic carbocycles. The van der Waals surface area contributed by atoms with Gasteiger partial charge in [0.25, 0.3) is 11.8 Å². The van der Waals surface area contributed by atoms with Crippen LogP contribution in [0.5, 0.6) is 0 Å². The highest BCUT2D eigenvalue weighted by Gasteiger charge is 2.37. The van der Waals surface area contributed by atoms with Gasteiger partial charge in [-0.05, 0) is 99.3 Å². The Morgan fingerprint density at radius 2 is 1.60 bits per heavy atom. The summed E-state index contributed by atoms with van der Waals surface area (Å²) >= 11 is 0. The topological polar surface area (TPSA) is 109 Å². The predicted octanol–water partition coefficient (Wildman–Crippen LogP) is 4.38. The Bertz CT molecular complexity index is 1460. The maximum atomic E-state index is 13.3. The maximum absolute atomic E-state index is 13.3. The maximum Gasteiger partial charge on any atom is 0.335 e. The summed E-state index contributed by atoms with van der Waals surface area (Å²) in [5, 5.41) is 11.5. The molecule has 0 bridgehead atoms. The van der Waals surface area contributed by atoms with Crippen LogP contribution in [0.2, 0.25) is 0 Å². The summed E-state index contributed by atoms with van der Waals surface area (Å²) in [6.45, 7) is 9.37. The number of aromatic nitrogens is 1. The minimum atomic E-state index is -1.00. The van der Waals surface area contributed by atoms with Gasteiger partial charge in [-0.2, -0.15) is 0 Å². The standard InChI is InChI=1S/C27H25N3O5/c1-14-6-8-21(11-15(14)2)30-25(32)22(24(31)28-27(30)35)13-20-12-17(4)29(18(20)5)23-9-7-19(26(33)34)10-16(23)3/h6-13H,1-5H3,(H,33,34)(H,28,31,35)/b22-13+. The van der Waals surface area contributed by atoms with Crippen LogP contribution in [0.3, 0.4) is 0 Å². The Kier molecular flexibility index (Phi) is 5.90. The Morgan fingerprint density at radius 1 is 0.886 bits per heavy atom. The molecule has 2 heterocycles. The van der Waals surface area contributed by atoms with Crippen molar-refractivity contribution < 1.29 is 24.3 Å². The van der Waals surface area contributed by atoms with Crippen molar-refractivity contribution in [3.8, 4) is 5.69 Å². The Balaban J connectivity index is 1.77. The molecule has 1 fully saturated rings. The Morgan fingerprint density at radius 3 is 2.23 bits per heavy atom. The number of urea groups is 1. The lowest BCUT2D eigenvalue weighted by Gasteiger charge is -2.26. The summed E-state index contributed by atoms with van der Waals surface area (Å²) in [7, 11) is 0. The van der Waals surface area contributed by atoms with Gasteiger partial charge in [0.2, 0.25) is 0 Å². The number of carboxylic acids is 1. The summed E-state index contributed by atoms with van der Waals surface area (Å²) in [5.41, 5.74) is 6.15. The average molecular weight is 472 g/mol. The van der Waals surface area contributed by atoms with E-state index < -0.39 is 23.8 Å². The molecule has 0 atom stereocenters. The largest absolute Gasteiger partial charge is 0.478 e. The van der Waals surface area contributed by atoms with E-state index in [1.807, 2.05) is 51.3 Å². The highest BCUT2D eigenvalue weighted by Crippen LogP contribution is 2.28. The highest BCUT2D eigenvalue weighted by atomic mass is 16.4.